The fourth-order valence-corrected chi connectivity index (χ4v) is 2.99. The first kappa shape index (κ1) is 24.1. The smallest absolute Gasteiger partial charge is 0.165 e. The molecule has 0 aliphatic rings. The van der Waals surface area contributed by atoms with Crippen LogP contribution in [0.2, 0.25) is 0 Å². The Morgan fingerprint density at radius 1 is 0.900 bits per heavy atom. The van der Waals surface area contributed by atoms with Gasteiger partial charge in [-0.05, 0) is 50.1 Å². The van der Waals surface area contributed by atoms with Crippen molar-refractivity contribution in [1.82, 2.24) is 4.98 Å². The lowest BCUT2D eigenvalue weighted by atomic mass is 10.1. The van der Waals surface area contributed by atoms with Crippen molar-refractivity contribution in [2.45, 2.75) is 71.8 Å². The summed E-state index contributed by atoms with van der Waals surface area (Å²) in [5.74, 6) is 0.612. The normalized spacial score (nSPS) is 12.0. The number of benzene rings is 1. The molecule has 5 heteroatoms. The summed E-state index contributed by atoms with van der Waals surface area (Å²) in [4.78, 5) is 4.40. The molecule has 166 valence electrons. The molecule has 1 heterocycles. The van der Waals surface area contributed by atoms with Crippen LogP contribution in [0, 0.1) is 5.82 Å². The lowest BCUT2D eigenvalue weighted by molar-refractivity contribution is 0.0308. The molecule has 0 N–H and O–H groups in total. The quantitative estimate of drug-likeness (QED) is 0.298. The second-order valence-corrected chi connectivity index (χ2v) is 7.63. The van der Waals surface area contributed by atoms with Crippen LogP contribution in [-0.4, -0.2) is 30.9 Å². The molecule has 0 saturated heterocycles. The number of aromatic nitrogens is 1. The van der Waals surface area contributed by atoms with Gasteiger partial charge in [0.05, 0.1) is 24.6 Å². The van der Waals surface area contributed by atoms with Gasteiger partial charge < -0.3 is 14.2 Å². The summed E-state index contributed by atoms with van der Waals surface area (Å²) in [6.07, 6.45) is 9.60. The van der Waals surface area contributed by atoms with Gasteiger partial charge in [-0.3, -0.25) is 4.98 Å². The van der Waals surface area contributed by atoms with E-state index in [1.165, 1.54) is 25.3 Å². The first-order valence-electron chi connectivity index (χ1n) is 11.3. The molecule has 0 bridgehead atoms. The van der Waals surface area contributed by atoms with E-state index >= 15 is 0 Å². The minimum absolute atomic E-state index is 0.0320. The first-order valence-corrected chi connectivity index (χ1v) is 11.3. The maximum absolute atomic E-state index is 14.4. The zero-order valence-corrected chi connectivity index (χ0v) is 18.7. The highest BCUT2D eigenvalue weighted by molar-refractivity contribution is 5.60. The third-order valence-corrected chi connectivity index (χ3v) is 4.85. The number of pyridine rings is 1. The van der Waals surface area contributed by atoms with Gasteiger partial charge in [0, 0.05) is 12.2 Å². The molecule has 30 heavy (non-hydrogen) atoms. The van der Waals surface area contributed by atoms with Gasteiger partial charge in [0.25, 0.3) is 0 Å². The predicted octanol–water partition coefficient (Wildman–Crippen LogP) is 6.82. The van der Waals surface area contributed by atoms with Crippen LogP contribution in [0.25, 0.3) is 11.3 Å². The number of hydrogen-bond acceptors (Lipinski definition) is 4. The Morgan fingerprint density at radius 2 is 1.70 bits per heavy atom. The molecule has 1 aromatic heterocycles. The van der Waals surface area contributed by atoms with Crippen LogP contribution in [0.5, 0.6) is 11.5 Å². The minimum atomic E-state index is -0.360. The summed E-state index contributed by atoms with van der Waals surface area (Å²) >= 11 is 0. The van der Waals surface area contributed by atoms with Crippen molar-refractivity contribution in [3.05, 3.63) is 42.3 Å². The van der Waals surface area contributed by atoms with E-state index in [4.69, 9.17) is 14.2 Å². The molecule has 0 amide bonds. The molecule has 2 aromatic rings. The Balaban J connectivity index is 1.82. The fraction of sp³-hybridized carbons (Fsp3) is 0.560. The molecule has 0 aliphatic heterocycles. The lowest BCUT2D eigenvalue weighted by Gasteiger charge is -2.14. The van der Waals surface area contributed by atoms with Crippen LogP contribution < -0.4 is 9.47 Å². The average molecular weight is 418 g/mol. The molecule has 2 rings (SSSR count). The molecule has 4 nitrogen and oxygen atoms in total. The van der Waals surface area contributed by atoms with E-state index in [-0.39, 0.29) is 11.9 Å². The maximum atomic E-state index is 14.4. The standard InChI is InChI=1S/C25H36FNO3/c1-4-6-8-9-10-16-29-25-14-11-21(17-23(25)26)24-13-12-22(18-27-24)30-19-20(3)28-15-7-5-2/h11-14,17-18,20H,4-10,15-16,19H2,1-3H3. The molecule has 0 spiro atoms. The third kappa shape index (κ3) is 8.70. The lowest BCUT2D eigenvalue weighted by Crippen LogP contribution is -2.18. The van der Waals surface area contributed by atoms with Gasteiger partial charge >= 0.3 is 0 Å². The second-order valence-electron chi connectivity index (χ2n) is 7.63. The van der Waals surface area contributed by atoms with Crippen LogP contribution >= 0.6 is 0 Å². The number of halogens is 1. The van der Waals surface area contributed by atoms with E-state index < -0.39 is 0 Å². The van der Waals surface area contributed by atoms with E-state index in [0.29, 0.717) is 36.0 Å². The van der Waals surface area contributed by atoms with Crippen molar-refractivity contribution in [3.63, 3.8) is 0 Å². The number of nitrogens with zero attached hydrogens (tertiary/aromatic N) is 1. The second kappa shape index (κ2) is 14.0. The highest BCUT2D eigenvalue weighted by Gasteiger charge is 2.08. The van der Waals surface area contributed by atoms with Crippen molar-refractivity contribution in [2.24, 2.45) is 0 Å². The Morgan fingerprint density at radius 3 is 2.40 bits per heavy atom. The van der Waals surface area contributed by atoms with Crippen molar-refractivity contribution in [3.8, 4) is 22.8 Å². The molecular formula is C25H36FNO3. The molecule has 1 atom stereocenters. The Hall–Kier alpha value is -2.14. The zero-order chi connectivity index (χ0) is 21.6. The Labute approximate surface area is 180 Å². The molecule has 1 aromatic carbocycles. The van der Waals surface area contributed by atoms with Crippen molar-refractivity contribution in [1.29, 1.82) is 0 Å². The third-order valence-electron chi connectivity index (χ3n) is 4.85. The highest BCUT2D eigenvalue weighted by Crippen LogP contribution is 2.26. The zero-order valence-electron chi connectivity index (χ0n) is 18.7. The van der Waals surface area contributed by atoms with Crippen molar-refractivity contribution < 1.29 is 18.6 Å². The monoisotopic (exact) mass is 417 g/mol. The highest BCUT2D eigenvalue weighted by atomic mass is 19.1. The minimum Gasteiger partial charge on any atom is -0.491 e. The molecule has 0 fully saturated rings. The van der Waals surface area contributed by atoms with Crippen molar-refractivity contribution >= 4 is 0 Å². The molecule has 0 aliphatic carbocycles. The Bertz CT molecular complexity index is 721. The Kier molecular flexibility index (Phi) is 11.2. The molecule has 0 radical (unpaired) electrons. The maximum Gasteiger partial charge on any atom is 0.165 e. The first-order chi connectivity index (χ1) is 14.6. The SMILES string of the molecule is CCCCCCCOc1ccc(-c2ccc(OCC(C)OCCCC)cn2)cc1F. The summed E-state index contributed by atoms with van der Waals surface area (Å²) in [6.45, 7) is 8.10. The summed E-state index contributed by atoms with van der Waals surface area (Å²) in [5, 5.41) is 0. The number of ether oxygens (including phenoxy) is 3. The van der Waals surface area contributed by atoms with Gasteiger partial charge in [-0.1, -0.05) is 46.0 Å². The van der Waals surface area contributed by atoms with E-state index in [9.17, 15) is 4.39 Å². The van der Waals surface area contributed by atoms with Crippen LogP contribution in [0.3, 0.4) is 0 Å². The van der Waals surface area contributed by atoms with Gasteiger partial charge in [-0.2, -0.15) is 0 Å². The van der Waals surface area contributed by atoms with Gasteiger partial charge in [-0.25, -0.2) is 4.39 Å². The number of hydrogen-bond donors (Lipinski definition) is 0. The molecular weight excluding hydrogens is 381 g/mol. The van der Waals surface area contributed by atoms with E-state index in [1.54, 1.807) is 12.3 Å². The summed E-state index contributed by atoms with van der Waals surface area (Å²) in [7, 11) is 0. The van der Waals surface area contributed by atoms with Crippen molar-refractivity contribution in [2.75, 3.05) is 19.8 Å². The van der Waals surface area contributed by atoms with Crippen LogP contribution in [0.15, 0.2) is 36.5 Å². The summed E-state index contributed by atoms with van der Waals surface area (Å²) < 4.78 is 31.4. The predicted molar refractivity (Wildman–Crippen MR) is 120 cm³/mol. The number of rotatable bonds is 15. The van der Waals surface area contributed by atoms with E-state index in [2.05, 4.69) is 18.8 Å². The van der Waals surface area contributed by atoms with Crippen LogP contribution in [0.4, 0.5) is 4.39 Å². The summed E-state index contributed by atoms with van der Waals surface area (Å²) in [5.41, 5.74) is 1.41. The molecule has 1 unspecified atom stereocenters. The van der Waals surface area contributed by atoms with E-state index in [0.717, 1.165) is 32.3 Å². The topological polar surface area (TPSA) is 40.6 Å². The van der Waals surface area contributed by atoms with E-state index in [1.807, 2.05) is 25.1 Å². The average Bonchev–Trinajstić information content (AvgIpc) is 2.76. The fourth-order valence-electron chi connectivity index (χ4n) is 2.99. The van der Waals surface area contributed by atoms with Gasteiger partial charge in [-0.15, -0.1) is 0 Å². The van der Waals surface area contributed by atoms with Crippen LogP contribution in [-0.2, 0) is 4.74 Å². The van der Waals surface area contributed by atoms with Gasteiger partial charge in [0.15, 0.2) is 11.6 Å². The van der Waals surface area contributed by atoms with Crippen LogP contribution in [0.1, 0.15) is 65.7 Å². The largest absolute Gasteiger partial charge is 0.491 e. The van der Waals surface area contributed by atoms with Gasteiger partial charge in [0.2, 0.25) is 0 Å². The summed E-state index contributed by atoms with van der Waals surface area (Å²) in [6, 6.07) is 8.67. The van der Waals surface area contributed by atoms with Gasteiger partial charge in [0.1, 0.15) is 12.4 Å². The molecule has 0 saturated carbocycles. The number of unbranched alkanes of at least 4 members (excludes halogenated alkanes) is 5.